The molecule has 0 aliphatic heterocycles. The lowest BCUT2D eigenvalue weighted by molar-refractivity contribution is 0.817. The Labute approximate surface area is 120 Å². The number of aromatic nitrogens is 2. The minimum atomic E-state index is -0.144. The van der Waals surface area contributed by atoms with Gasteiger partial charge < -0.3 is 10.7 Å². The second-order valence-corrected chi connectivity index (χ2v) is 5.69. The Morgan fingerprint density at radius 3 is 2.47 bits per heavy atom. The highest BCUT2D eigenvalue weighted by atomic mass is 79.9. The number of nitrogens with zero attached hydrogens (tertiary/aromatic N) is 1. The van der Waals surface area contributed by atoms with Gasteiger partial charge in [-0.05, 0) is 23.6 Å². The van der Waals surface area contributed by atoms with Crippen molar-refractivity contribution in [3.8, 4) is 0 Å². The molecule has 0 unspecified atom stereocenters. The van der Waals surface area contributed by atoms with Crippen molar-refractivity contribution in [1.82, 2.24) is 9.97 Å². The fraction of sp³-hybridized carbons (Fsp3) is 0.286. The first-order chi connectivity index (χ1) is 8.97. The van der Waals surface area contributed by atoms with Crippen molar-refractivity contribution in [2.75, 3.05) is 5.73 Å². The van der Waals surface area contributed by atoms with E-state index < -0.39 is 0 Å². The van der Waals surface area contributed by atoms with Crippen LogP contribution in [0.1, 0.15) is 36.7 Å². The Balaban J connectivity index is 2.32. The van der Waals surface area contributed by atoms with Gasteiger partial charge in [0.2, 0.25) is 0 Å². The second-order valence-electron chi connectivity index (χ2n) is 4.77. The van der Waals surface area contributed by atoms with E-state index in [0.717, 1.165) is 10.0 Å². The summed E-state index contributed by atoms with van der Waals surface area (Å²) in [4.78, 5) is 19.0. The largest absolute Gasteiger partial charge is 0.383 e. The number of nitrogens with one attached hydrogen (secondary N) is 1. The molecule has 1 aromatic heterocycles. The van der Waals surface area contributed by atoms with Crippen molar-refractivity contribution in [2.45, 2.75) is 26.2 Å². The Bertz CT molecular complexity index is 632. The molecular weight excluding hydrogens is 306 g/mol. The number of benzene rings is 1. The van der Waals surface area contributed by atoms with Crippen LogP contribution in [0.5, 0.6) is 0 Å². The molecule has 0 amide bonds. The highest BCUT2D eigenvalue weighted by Gasteiger charge is 2.12. The third-order valence-corrected chi connectivity index (χ3v) is 3.42. The van der Waals surface area contributed by atoms with Gasteiger partial charge in [-0.15, -0.1) is 0 Å². The zero-order chi connectivity index (χ0) is 14.0. The Kier molecular flexibility index (Phi) is 4.04. The number of hydrogen-bond acceptors (Lipinski definition) is 3. The molecule has 0 bridgehead atoms. The minimum Gasteiger partial charge on any atom is -0.383 e. The summed E-state index contributed by atoms with van der Waals surface area (Å²) in [6, 6.07) is 7.88. The van der Waals surface area contributed by atoms with Gasteiger partial charge in [0.15, 0.2) is 0 Å². The van der Waals surface area contributed by atoms with Gasteiger partial charge in [0.05, 0.1) is 5.56 Å². The molecule has 0 fully saturated rings. The summed E-state index contributed by atoms with van der Waals surface area (Å²) in [6.07, 6.45) is 0.561. The fourth-order valence-corrected chi connectivity index (χ4v) is 2.25. The van der Waals surface area contributed by atoms with Crippen molar-refractivity contribution in [1.29, 1.82) is 0 Å². The van der Waals surface area contributed by atoms with E-state index in [1.165, 1.54) is 0 Å². The molecule has 0 radical (unpaired) electrons. The van der Waals surface area contributed by atoms with E-state index in [4.69, 9.17) is 5.73 Å². The lowest BCUT2D eigenvalue weighted by Crippen LogP contribution is -2.20. The molecule has 0 atom stereocenters. The molecule has 2 aromatic rings. The van der Waals surface area contributed by atoms with Crippen LogP contribution in [-0.4, -0.2) is 9.97 Å². The number of nitrogens with two attached hydrogens (primary N) is 1. The van der Waals surface area contributed by atoms with E-state index in [9.17, 15) is 4.79 Å². The van der Waals surface area contributed by atoms with Crippen molar-refractivity contribution >= 4 is 21.7 Å². The molecule has 100 valence electrons. The van der Waals surface area contributed by atoms with E-state index in [1.54, 1.807) is 0 Å². The van der Waals surface area contributed by atoms with Crippen molar-refractivity contribution in [2.24, 2.45) is 0 Å². The van der Waals surface area contributed by atoms with Gasteiger partial charge in [0, 0.05) is 10.9 Å². The standard InChI is InChI=1S/C14H16BrN3O/c1-8(2)12-13(16)17-11(18-14(12)19)7-9-3-5-10(15)6-4-9/h3-6,8H,7H2,1-2H3,(H3,16,17,18,19). The smallest absolute Gasteiger partial charge is 0.256 e. The van der Waals surface area contributed by atoms with Gasteiger partial charge in [0.25, 0.3) is 5.56 Å². The van der Waals surface area contributed by atoms with Crippen LogP contribution in [-0.2, 0) is 6.42 Å². The Hall–Kier alpha value is -1.62. The maximum atomic E-state index is 12.0. The first-order valence-electron chi connectivity index (χ1n) is 6.10. The quantitative estimate of drug-likeness (QED) is 0.913. The van der Waals surface area contributed by atoms with Gasteiger partial charge in [-0.1, -0.05) is 41.9 Å². The van der Waals surface area contributed by atoms with E-state index in [-0.39, 0.29) is 11.5 Å². The van der Waals surface area contributed by atoms with E-state index in [1.807, 2.05) is 38.1 Å². The van der Waals surface area contributed by atoms with Gasteiger partial charge in [0.1, 0.15) is 11.6 Å². The summed E-state index contributed by atoms with van der Waals surface area (Å²) in [5.41, 5.74) is 7.35. The number of H-pyrrole nitrogens is 1. The average Bonchev–Trinajstić information content (AvgIpc) is 2.30. The number of nitrogen functional groups attached to an aromatic ring is 1. The van der Waals surface area contributed by atoms with Gasteiger partial charge in [-0.2, -0.15) is 0 Å². The molecular formula is C14H16BrN3O. The fourth-order valence-electron chi connectivity index (χ4n) is 1.99. The summed E-state index contributed by atoms with van der Waals surface area (Å²) >= 11 is 3.39. The third-order valence-electron chi connectivity index (χ3n) is 2.90. The molecule has 0 aliphatic carbocycles. The van der Waals surface area contributed by atoms with Crippen LogP contribution in [0.4, 0.5) is 5.82 Å². The number of hydrogen-bond donors (Lipinski definition) is 2. The Morgan fingerprint density at radius 2 is 1.95 bits per heavy atom. The van der Waals surface area contributed by atoms with E-state index >= 15 is 0 Å². The molecule has 0 saturated carbocycles. The average molecular weight is 322 g/mol. The molecule has 4 nitrogen and oxygen atoms in total. The predicted octanol–water partition coefficient (Wildman–Crippen LogP) is 2.83. The first-order valence-corrected chi connectivity index (χ1v) is 6.89. The van der Waals surface area contributed by atoms with Gasteiger partial charge >= 0.3 is 0 Å². The molecule has 0 saturated heterocycles. The van der Waals surface area contributed by atoms with E-state index in [0.29, 0.717) is 23.6 Å². The lowest BCUT2D eigenvalue weighted by atomic mass is 10.1. The molecule has 19 heavy (non-hydrogen) atoms. The van der Waals surface area contributed by atoms with Crippen LogP contribution in [0.25, 0.3) is 0 Å². The van der Waals surface area contributed by atoms with Gasteiger partial charge in [-0.25, -0.2) is 4.98 Å². The molecule has 1 aromatic carbocycles. The highest BCUT2D eigenvalue weighted by Crippen LogP contribution is 2.16. The van der Waals surface area contributed by atoms with Crippen LogP contribution in [0.3, 0.4) is 0 Å². The monoisotopic (exact) mass is 321 g/mol. The highest BCUT2D eigenvalue weighted by molar-refractivity contribution is 9.10. The zero-order valence-corrected chi connectivity index (χ0v) is 12.5. The Morgan fingerprint density at radius 1 is 1.32 bits per heavy atom. The topological polar surface area (TPSA) is 71.8 Å². The van der Waals surface area contributed by atoms with E-state index in [2.05, 4.69) is 25.9 Å². The molecule has 3 N–H and O–H groups in total. The molecule has 2 rings (SSSR count). The van der Waals surface area contributed by atoms with Crippen LogP contribution in [0.15, 0.2) is 33.5 Å². The van der Waals surface area contributed by atoms with Crippen molar-refractivity contribution in [3.05, 3.63) is 56.0 Å². The predicted molar refractivity (Wildman–Crippen MR) is 80.3 cm³/mol. The molecule has 1 heterocycles. The first kappa shape index (κ1) is 13.8. The number of aromatic amines is 1. The van der Waals surface area contributed by atoms with Crippen LogP contribution in [0, 0.1) is 0 Å². The van der Waals surface area contributed by atoms with Crippen LogP contribution >= 0.6 is 15.9 Å². The SMILES string of the molecule is CC(C)c1c(N)nc(Cc2ccc(Br)cc2)[nH]c1=O. The summed E-state index contributed by atoms with van der Waals surface area (Å²) < 4.78 is 1.02. The second kappa shape index (κ2) is 5.57. The minimum absolute atomic E-state index is 0.0676. The molecule has 0 aliphatic rings. The third kappa shape index (κ3) is 3.23. The maximum absolute atomic E-state index is 12.0. The molecule has 0 spiro atoms. The summed E-state index contributed by atoms with van der Waals surface area (Å²) in [5, 5.41) is 0. The maximum Gasteiger partial charge on any atom is 0.256 e. The van der Waals surface area contributed by atoms with Crippen LogP contribution < -0.4 is 11.3 Å². The summed E-state index contributed by atoms with van der Waals surface area (Å²) in [7, 11) is 0. The number of anilines is 1. The zero-order valence-electron chi connectivity index (χ0n) is 10.9. The summed E-state index contributed by atoms with van der Waals surface area (Å²) in [5.74, 6) is 0.984. The number of rotatable bonds is 3. The van der Waals surface area contributed by atoms with Crippen LogP contribution in [0.2, 0.25) is 0 Å². The van der Waals surface area contributed by atoms with Gasteiger partial charge in [-0.3, -0.25) is 4.79 Å². The lowest BCUT2D eigenvalue weighted by Gasteiger charge is -2.09. The summed E-state index contributed by atoms with van der Waals surface area (Å²) in [6.45, 7) is 3.86. The normalized spacial score (nSPS) is 10.9. The van der Waals surface area contributed by atoms with Crippen molar-refractivity contribution in [3.63, 3.8) is 0 Å². The number of halogens is 1. The molecule has 5 heteroatoms. The van der Waals surface area contributed by atoms with Crippen molar-refractivity contribution < 1.29 is 0 Å².